The minimum absolute atomic E-state index is 0.00567. The SMILES string of the molecule is CCC(CC(=O)O)NC(=O)Nc1nc(OC)cc(OC)n1. The number of hydrogen-bond donors (Lipinski definition) is 3. The number of methoxy groups -OCH3 is 2. The van der Waals surface area contributed by atoms with E-state index in [0.29, 0.717) is 6.42 Å². The molecule has 0 aliphatic rings. The van der Waals surface area contributed by atoms with Crippen LogP contribution in [0.15, 0.2) is 6.07 Å². The second-order valence-corrected chi connectivity index (χ2v) is 4.08. The quantitative estimate of drug-likeness (QED) is 0.682. The van der Waals surface area contributed by atoms with Crippen LogP contribution in [0, 0.1) is 0 Å². The van der Waals surface area contributed by atoms with E-state index in [-0.39, 0.29) is 24.1 Å². The summed E-state index contributed by atoms with van der Waals surface area (Å²) in [5.41, 5.74) is 0. The molecule has 0 bridgehead atoms. The molecule has 1 aromatic heterocycles. The van der Waals surface area contributed by atoms with Crippen molar-refractivity contribution in [3.05, 3.63) is 6.07 Å². The highest BCUT2D eigenvalue weighted by molar-refractivity contribution is 5.88. The van der Waals surface area contributed by atoms with Crippen LogP contribution >= 0.6 is 0 Å². The number of hydrogen-bond acceptors (Lipinski definition) is 6. The second kappa shape index (κ2) is 7.88. The Morgan fingerprint density at radius 2 is 1.86 bits per heavy atom. The van der Waals surface area contributed by atoms with E-state index in [1.807, 2.05) is 0 Å². The first-order chi connectivity index (χ1) is 9.98. The van der Waals surface area contributed by atoms with Crippen LogP contribution in [-0.2, 0) is 4.79 Å². The van der Waals surface area contributed by atoms with Crippen molar-refractivity contribution >= 4 is 17.9 Å². The number of urea groups is 1. The van der Waals surface area contributed by atoms with Gasteiger partial charge in [-0.2, -0.15) is 9.97 Å². The van der Waals surface area contributed by atoms with E-state index in [2.05, 4.69) is 20.6 Å². The predicted molar refractivity (Wildman–Crippen MR) is 73.6 cm³/mol. The first-order valence-electron chi connectivity index (χ1n) is 6.24. The molecule has 0 fully saturated rings. The molecule has 9 heteroatoms. The number of nitrogens with zero attached hydrogens (tertiary/aromatic N) is 2. The van der Waals surface area contributed by atoms with E-state index in [1.165, 1.54) is 20.3 Å². The Balaban J connectivity index is 2.71. The van der Waals surface area contributed by atoms with Gasteiger partial charge in [-0.3, -0.25) is 10.1 Å². The molecule has 1 heterocycles. The molecule has 0 saturated carbocycles. The number of aliphatic carboxylic acids is 1. The highest BCUT2D eigenvalue weighted by Crippen LogP contribution is 2.17. The third-order valence-electron chi connectivity index (χ3n) is 2.57. The van der Waals surface area contributed by atoms with Gasteiger partial charge in [0.05, 0.1) is 26.7 Å². The molecule has 3 N–H and O–H groups in total. The maximum Gasteiger partial charge on any atom is 0.321 e. The Bertz CT molecular complexity index is 486. The fraction of sp³-hybridized carbons (Fsp3) is 0.500. The van der Waals surface area contributed by atoms with E-state index >= 15 is 0 Å². The van der Waals surface area contributed by atoms with E-state index < -0.39 is 18.0 Å². The van der Waals surface area contributed by atoms with Gasteiger partial charge in [-0.15, -0.1) is 0 Å². The Hall–Kier alpha value is -2.58. The van der Waals surface area contributed by atoms with Gasteiger partial charge in [0.2, 0.25) is 17.7 Å². The van der Waals surface area contributed by atoms with Crippen LogP contribution in [0.3, 0.4) is 0 Å². The first-order valence-corrected chi connectivity index (χ1v) is 6.24. The lowest BCUT2D eigenvalue weighted by atomic mass is 10.1. The fourth-order valence-electron chi connectivity index (χ4n) is 1.50. The summed E-state index contributed by atoms with van der Waals surface area (Å²) in [5, 5.41) is 13.7. The topological polar surface area (TPSA) is 123 Å². The van der Waals surface area contributed by atoms with Crippen LogP contribution in [0.2, 0.25) is 0 Å². The van der Waals surface area contributed by atoms with Crippen LogP contribution in [-0.4, -0.2) is 47.3 Å². The second-order valence-electron chi connectivity index (χ2n) is 4.08. The smallest absolute Gasteiger partial charge is 0.321 e. The van der Waals surface area contributed by atoms with Gasteiger partial charge in [-0.05, 0) is 6.42 Å². The van der Waals surface area contributed by atoms with Gasteiger partial charge in [0.1, 0.15) is 0 Å². The van der Waals surface area contributed by atoms with Crippen LogP contribution in [0.5, 0.6) is 11.8 Å². The van der Waals surface area contributed by atoms with Crippen molar-refractivity contribution in [3.8, 4) is 11.8 Å². The summed E-state index contributed by atoms with van der Waals surface area (Å²) in [5.74, 6) is -0.528. The summed E-state index contributed by atoms with van der Waals surface area (Å²) in [6.45, 7) is 1.78. The molecule has 1 unspecified atom stereocenters. The Kier molecular flexibility index (Phi) is 6.18. The lowest BCUT2D eigenvalue weighted by molar-refractivity contribution is -0.137. The number of rotatable bonds is 7. The number of ether oxygens (including phenoxy) is 2. The number of nitrogens with one attached hydrogen (secondary N) is 2. The maximum atomic E-state index is 11.8. The van der Waals surface area contributed by atoms with Gasteiger partial charge in [-0.25, -0.2) is 4.79 Å². The van der Waals surface area contributed by atoms with Crippen LogP contribution in [0.4, 0.5) is 10.7 Å². The number of anilines is 1. The van der Waals surface area contributed by atoms with Gasteiger partial charge in [-0.1, -0.05) is 6.92 Å². The molecule has 2 amide bonds. The highest BCUT2D eigenvalue weighted by atomic mass is 16.5. The molecular weight excluding hydrogens is 280 g/mol. The molecule has 0 spiro atoms. The number of carboxylic acids is 1. The monoisotopic (exact) mass is 298 g/mol. The molecule has 21 heavy (non-hydrogen) atoms. The lowest BCUT2D eigenvalue weighted by Gasteiger charge is -2.15. The number of aromatic nitrogens is 2. The zero-order valence-electron chi connectivity index (χ0n) is 12.0. The third kappa shape index (κ3) is 5.51. The standard InChI is InChI=1S/C12H18N4O5/c1-4-7(5-10(17)18)13-12(19)16-11-14-8(20-2)6-9(15-11)21-3/h6-7H,4-5H2,1-3H3,(H,17,18)(H2,13,14,15,16,19). The zero-order valence-corrected chi connectivity index (χ0v) is 12.0. The Morgan fingerprint density at radius 3 is 2.29 bits per heavy atom. The normalized spacial score (nSPS) is 11.4. The van der Waals surface area contributed by atoms with Crippen molar-refractivity contribution < 1.29 is 24.2 Å². The fourth-order valence-corrected chi connectivity index (χ4v) is 1.50. The summed E-state index contributed by atoms with van der Waals surface area (Å²) < 4.78 is 9.91. The molecule has 0 saturated heterocycles. The van der Waals surface area contributed by atoms with Crippen molar-refractivity contribution in [2.24, 2.45) is 0 Å². The lowest BCUT2D eigenvalue weighted by Crippen LogP contribution is -2.39. The zero-order chi connectivity index (χ0) is 15.8. The van der Waals surface area contributed by atoms with Gasteiger partial charge in [0.15, 0.2) is 0 Å². The average molecular weight is 298 g/mol. The summed E-state index contributed by atoms with van der Waals surface area (Å²) >= 11 is 0. The largest absolute Gasteiger partial charge is 0.481 e. The van der Waals surface area contributed by atoms with Crippen molar-refractivity contribution in [3.63, 3.8) is 0 Å². The molecule has 1 rings (SSSR count). The number of carbonyl (C=O) groups is 2. The number of amides is 2. The van der Waals surface area contributed by atoms with Crippen LogP contribution in [0.1, 0.15) is 19.8 Å². The molecule has 1 atom stereocenters. The Morgan fingerprint density at radius 1 is 1.29 bits per heavy atom. The van der Waals surface area contributed by atoms with Gasteiger partial charge >= 0.3 is 12.0 Å². The minimum atomic E-state index is -0.985. The number of carbonyl (C=O) groups excluding carboxylic acids is 1. The van der Waals surface area contributed by atoms with E-state index in [4.69, 9.17) is 14.6 Å². The minimum Gasteiger partial charge on any atom is -0.481 e. The first kappa shape index (κ1) is 16.5. The van der Waals surface area contributed by atoms with Crippen molar-refractivity contribution in [2.45, 2.75) is 25.8 Å². The third-order valence-corrected chi connectivity index (χ3v) is 2.57. The van der Waals surface area contributed by atoms with Gasteiger partial charge in [0, 0.05) is 6.04 Å². The molecule has 0 aromatic carbocycles. The van der Waals surface area contributed by atoms with Gasteiger partial charge < -0.3 is 19.9 Å². The Labute approximate surface area is 121 Å². The molecule has 0 aliphatic heterocycles. The molecule has 0 aliphatic carbocycles. The summed E-state index contributed by atoms with van der Waals surface area (Å²) in [7, 11) is 2.84. The van der Waals surface area contributed by atoms with Crippen molar-refractivity contribution in [1.29, 1.82) is 0 Å². The summed E-state index contributed by atoms with van der Waals surface area (Å²) in [6, 6.07) is 0.385. The summed E-state index contributed by atoms with van der Waals surface area (Å²) in [6.07, 6.45) is 0.328. The van der Waals surface area contributed by atoms with E-state index in [0.717, 1.165) is 0 Å². The molecule has 1 aromatic rings. The highest BCUT2D eigenvalue weighted by Gasteiger charge is 2.15. The molecular formula is C12H18N4O5. The predicted octanol–water partition coefficient (Wildman–Crippen LogP) is 0.869. The van der Waals surface area contributed by atoms with Gasteiger partial charge in [0.25, 0.3) is 0 Å². The van der Waals surface area contributed by atoms with E-state index in [9.17, 15) is 9.59 Å². The summed E-state index contributed by atoms with van der Waals surface area (Å²) in [4.78, 5) is 30.3. The van der Waals surface area contributed by atoms with Crippen LogP contribution in [0.25, 0.3) is 0 Å². The number of carboxylic acid groups (broad SMARTS) is 1. The van der Waals surface area contributed by atoms with E-state index in [1.54, 1.807) is 6.92 Å². The average Bonchev–Trinajstić information content (AvgIpc) is 2.45. The van der Waals surface area contributed by atoms with Crippen molar-refractivity contribution in [1.82, 2.24) is 15.3 Å². The van der Waals surface area contributed by atoms with Crippen molar-refractivity contribution in [2.75, 3.05) is 19.5 Å². The molecule has 0 radical (unpaired) electrons. The maximum absolute atomic E-state index is 11.8. The van der Waals surface area contributed by atoms with Crippen LogP contribution < -0.4 is 20.1 Å². The molecule has 9 nitrogen and oxygen atoms in total. The molecule has 116 valence electrons.